The molecule has 0 radical (unpaired) electrons. The maximum Gasteiger partial charge on any atom is 0.122 e. The second-order valence-corrected chi connectivity index (χ2v) is 5.11. The number of nitrogens with two attached hydrogens (primary N) is 1. The minimum Gasteiger partial charge on any atom is -0.497 e. The second-order valence-electron chi connectivity index (χ2n) is 3.76. The van der Waals surface area contributed by atoms with Gasteiger partial charge in [-0.3, -0.25) is 0 Å². The van der Waals surface area contributed by atoms with Gasteiger partial charge in [-0.1, -0.05) is 11.6 Å². The lowest BCUT2D eigenvalue weighted by atomic mass is 10.1. The smallest absolute Gasteiger partial charge is 0.122 e. The lowest BCUT2D eigenvalue weighted by Gasteiger charge is -2.14. The number of hydrogen-bond donors (Lipinski definition) is 1. The number of rotatable bonds is 4. The fraction of sp³-hybridized carbons (Fsp3) is 0.231. The molecular formula is C13H14ClNO2S. The SMILES string of the molecule is COc1cc(OC)cc(C(N)c2sccc2Cl)c1. The van der Waals surface area contributed by atoms with E-state index in [0.717, 1.165) is 10.4 Å². The summed E-state index contributed by atoms with van der Waals surface area (Å²) in [7, 11) is 3.23. The maximum atomic E-state index is 6.22. The van der Waals surface area contributed by atoms with Gasteiger partial charge in [0.1, 0.15) is 11.5 Å². The summed E-state index contributed by atoms with van der Waals surface area (Å²) in [6.45, 7) is 0. The van der Waals surface area contributed by atoms with E-state index in [-0.39, 0.29) is 6.04 Å². The van der Waals surface area contributed by atoms with Crippen LogP contribution in [-0.4, -0.2) is 14.2 Å². The fourth-order valence-electron chi connectivity index (χ4n) is 1.69. The standard InChI is InChI=1S/C13H14ClNO2S/c1-16-9-5-8(6-10(7-9)17-2)12(15)13-11(14)3-4-18-13/h3-7,12H,15H2,1-2H3. The van der Waals surface area contributed by atoms with E-state index in [0.29, 0.717) is 16.5 Å². The van der Waals surface area contributed by atoms with Crippen molar-refractivity contribution in [2.45, 2.75) is 6.04 Å². The minimum absolute atomic E-state index is 0.276. The Kier molecular flexibility index (Phi) is 4.11. The Morgan fingerprint density at radius 3 is 2.22 bits per heavy atom. The monoisotopic (exact) mass is 283 g/mol. The van der Waals surface area contributed by atoms with E-state index in [1.165, 1.54) is 0 Å². The highest BCUT2D eigenvalue weighted by atomic mass is 35.5. The van der Waals surface area contributed by atoms with Crippen LogP contribution in [0.5, 0.6) is 11.5 Å². The zero-order chi connectivity index (χ0) is 13.1. The number of ether oxygens (including phenoxy) is 2. The van der Waals surface area contributed by atoms with Crippen molar-refractivity contribution in [2.75, 3.05) is 14.2 Å². The Bertz CT molecular complexity index is 519. The van der Waals surface area contributed by atoms with Crippen molar-refractivity contribution < 1.29 is 9.47 Å². The van der Waals surface area contributed by atoms with Crippen molar-refractivity contribution in [3.63, 3.8) is 0 Å². The lowest BCUT2D eigenvalue weighted by molar-refractivity contribution is 0.393. The zero-order valence-electron chi connectivity index (χ0n) is 10.1. The zero-order valence-corrected chi connectivity index (χ0v) is 11.7. The quantitative estimate of drug-likeness (QED) is 0.934. The number of benzene rings is 1. The van der Waals surface area contributed by atoms with Crippen molar-refractivity contribution >= 4 is 22.9 Å². The van der Waals surface area contributed by atoms with Gasteiger partial charge in [-0.2, -0.15) is 0 Å². The molecule has 5 heteroatoms. The van der Waals surface area contributed by atoms with Crippen LogP contribution in [0.3, 0.4) is 0 Å². The third kappa shape index (κ3) is 2.61. The van der Waals surface area contributed by atoms with Gasteiger partial charge in [-0.05, 0) is 29.1 Å². The number of methoxy groups -OCH3 is 2. The van der Waals surface area contributed by atoms with E-state index < -0.39 is 0 Å². The normalized spacial score (nSPS) is 12.2. The first-order valence-corrected chi connectivity index (χ1v) is 6.63. The molecule has 0 saturated heterocycles. The van der Waals surface area contributed by atoms with Crippen molar-refractivity contribution in [3.8, 4) is 11.5 Å². The first-order chi connectivity index (χ1) is 8.65. The van der Waals surface area contributed by atoms with E-state index in [9.17, 15) is 0 Å². The van der Waals surface area contributed by atoms with E-state index in [1.54, 1.807) is 25.6 Å². The Morgan fingerprint density at radius 2 is 1.78 bits per heavy atom. The minimum atomic E-state index is -0.276. The largest absolute Gasteiger partial charge is 0.497 e. The van der Waals surface area contributed by atoms with E-state index in [2.05, 4.69) is 0 Å². The Hall–Kier alpha value is -1.23. The van der Waals surface area contributed by atoms with E-state index in [4.69, 9.17) is 26.8 Å². The van der Waals surface area contributed by atoms with Crippen LogP contribution < -0.4 is 15.2 Å². The number of halogens is 1. The molecule has 3 nitrogen and oxygen atoms in total. The van der Waals surface area contributed by atoms with Gasteiger partial charge in [0, 0.05) is 10.9 Å². The summed E-state index contributed by atoms with van der Waals surface area (Å²) in [5, 5.41) is 2.61. The van der Waals surface area contributed by atoms with Gasteiger partial charge >= 0.3 is 0 Å². The molecule has 1 heterocycles. The third-order valence-corrected chi connectivity index (χ3v) is 4.10. The number of hydrogen-bond acceptors (Lipinski definition) is 4. The summed E-state index contributed by atoms with van der Waals surface area (Å²) in [5.74, 6) is 1.43. The predicted octanol–water partition coefficient (Wildman–Crippen LogP) is 3.47. The molecule has 1 aromatic heterocycles. The molecule has 0 aliphatic rings. The first kappa shape index (κ1) is 13.2. The molecule has 96 valence electrons. The average molecular weight is 284 g/mol. The summed E-state index contributed by atoms with van der Waals surface area (Å²) in [6, 6.07) is 7.17. The van der Waals surface area contributed by atoms with Crippen LogP contribution in [0.2, 0.25) is 5.02 Å². The summed E-state index contributed by atoms with van der Waals surface area (Å²) >= 11 is 7.64. The van der Waals surface area contributed by atoms with Crippen molar-refractivity contribution in [1.82, 2.24) is 0 Å². The van der Waals surface area contributed by atoms with Gasteiger partial charge in [-0.25, -0.2) is 0 Å². The van der Waals surface area contributed by atoms with Crippen LogP contribution in [-0.2, 0) is 0 Å². The molecule has 0 amide bonds. The van der Waals surface area contributed by atoms with Gasteiger partial charge in [0.25, 0.3) is 0 Å². The van der Waals surface area contributed by atoms with Gasteiger partial charge < -0.3 is 15.2 Å². The molecule has 0 bridgehead atoms. The van der Waals surface area contributed by atoms with Crippen molar-refractivity contribution in [2.24, 2.45) is 5.73 Å². The van der Waals surface area contributed by atoms with Crippen LogP contribution in [0.25, 0.3) is 0 Å². The van der Waals surface area contributed by atoms with Crippen LogP contribution in [0, 0.1) is 0 Å². The molecule has 0 spiro atoms. The van der Waals surface area contributed by atoms with Gasteiger partial charge in [-0.15, -0.1) is 11.3 Å². The molecule has 18 heavy (non-hydrogen) atoms. The van der Waals surface area contributed by atoms with Crippen LogP contribution in [0.4, 0.5) is 0 Å². The molecule has 2 N–H and O–H groups in total. The second kappa shape index (κ2) is 5.61. The molecule has 1 aromatic carbocycles. The Balaban J connectivity index is 2.41. The molecule has 1 unspecified atom stereocenters. The van der Waals surface area contributed by atoms with E-state index >= 15 is 0 Å². The summed E-state index contributed by atoms with van der Waals surface area (Å²) in [6.07, 6.45) is 0. The van der Waals surface area contributed by atoms with Crippen LogP contribution >= 0.6 is 22.9 Å². The fourth-order valence-corrected chi connectivity index (χ4v) is 2.89. The summed E-state index contributed by atoms with van der Waals surface area (Å²) in [5.41, 5.74) is 7.14. The van der Waals surface area contributed by atoms with Gasteiger partial charge in [0.15, 0.2) is 0 Å². The summed E-state index contributed by atoms with van der Waals surface area (Å²) in [4.78, 5) is 0.937. The van der Waals surface area contributed by atoms with Crippen molar-refractivity contribution in [1.29, 1.82) is 0 Å². The van der Waals surface area contributed by atoms with Gasteiger partial charge in [0.2, 0.25) is 0 Å². The topological polar surface area (TPSA) is 44.5 Å². The highest BCUT2D eigenvalue weighted by Crippen LogP contribution is 2.34. The van der Waals surface area contributed by atoms with E-state index in [1.807, 2.05) is 29.6 Å². The highest BCUT2D eigenvalue weighted by Gasteiger charge is 2.15. The maximum absolute atomic E-state index is 6.22. The first-order valence-electron chi connectivity index (χ1n) is 5.37. The molecule has 0 fully saturated rings. The molecule has 1 atom stereocenters. The lowest BCUT2D eigenvalue weighted by Crippen LogP contribution is -2.11. The molecule has 0 aliphatic heterocycles. The average Bonchev–Trinajstić information content (AvgIpc) is 2.83. The van der Waals surface area contributed by atoms with Crippen LogP contribution in [0.1, 0.15) is 16.5 Å². The molecule has 2 rings (SSSR count). The molecule has 0 saturated carbocycles. The van der Waals surface area contributed by atoms with Gasteiger partial charge in [0.05, 0.1) is 25.3 Å². The van der Waals surface area contributed by atoms with Crippen LogP contribution in [0.15, 0.2) is 29.6 Å². The highest BCUT2D eigenvalue weighted by molar-refractivity contribution is 7.10. The third-order valence-electron chi connectivity index (χ3n) is 2.66. The molecule has 0 aliphatic carbocycles. The number of thiophene rings is 1. The Morgan fingerprint density at radius 1 is 1.17 bits per heavy atom. The molecule has 2 aromatic rings. The molecular weight excluding hydrogens is 270 g/mol. The summed E-state index contributed by atoms with van der Waals surface area (Å²) < 4.78 is 10.5. The Labute approximate surface area is 115 Å². The predicted molar refractivity (Wildman–Crippen MR) is 74.9 cm³/mol. The van der Waals surface area contributed by atoms with Crippen molar-refractivity contribution in [3.05, 3.63) is 45.1 Å².